The van der Waals surface area contributed by atoms with Crippen molar-refractivity contribution in [3.05, 3.63) is 48.0 Å². The van der Waals surface area contributed by atoms with Gasteiger partial charge in [0.1, 0.15) is 12.4 Å². The molecule has 1 N–H and O–H groups in total. The summed E-state index contributed by atoms with van der Waals surface area (Å²) in [5.41, 5.74) is 0.806. The van der Waals surface area contributed by atoms with Gasteiger partial charge in [-0.3, -0.25) is 4.79 Å². The topological polar surface area (TPSA) is 83.4 Å². The third-order valence-corrected chi connectivity index (χ3v) is 4.45. The summed E-state index contributed by atoms with van der Waals surface area (Å²) in [4.78, 5) is 28.8. The molecule has 1 aromatic carbocycles. The van der Waals surface area contributed by atoms with Gasteiger partial charge in [0.15, 0.2) is 5.82 Å². The summed E-state index contributed by atoms with van der Waals surface area (Å²) in [5.74, 6) is 0.573. The number of benzene rings is 1. The fourth-order valence-corrected chi connectivity index (χ4v) is 3.03. The van der Waals surface area contributed by atoms with Gasteiger partial charge in [-0.1, -0.05) is 30.3 Å². The van der Waals surface area contributed by atoms with Crippen molar-refractivity contribution in [2.24, 2.45) is 7.05 Å². The smallest absolute Gasteiger partial charge is 0.319 e. The molecule has 25 heavy (non-hydrogen) atoms. The molecule has 1 aromatic heterocycles. The highest BCUT2D eigenvalue weighted by molar-refractivity contribution is 5.89. The summed E-state index contributed by atoms with van der Waals surface area (Å²) in [6, 6.07) is 8.15. The van der Waals surface area contributed by atoms with Crippen molar-refractivity contribution >= 4 is 11.9 Å². The predicted octanol–water partition coefficient (Wildman–Crippen LogP) is 1.10. The van der Waals surface area contributed by atoms with Crippen molar-refractivity contribution in [1.82, 2.24) is 29.9 Å². The Bertz CT molecular complexity index is 760. The van der Waals surface area contributed by atoms with Crippen molar-refractivity contribution in [3.63, 3.8) is 0 Å². The van der Waals surface area contributed by atoms with E-state index in [1.54, 1.807) is 27.7 Å². The van der Waals surface area contributed by atoms with Crippen molar-refractivity contribution in [1.29, 1.82) is 0 Å². The summed E-state index contributed by atoms with van der Waals surface area (Å²) < 4.78 is 1.76. The number of piperazine rings is 1. The van der Waals surface area contributed by atoms with E-state index in [9.17, 15) is 9.59 Å². The molecule has 8 nitrogen and oxygen atoms in total. The number of urea groups is 1. The molecule has 1 aliphatic rings. The molecule has 2 aromatic rings. The lowest BCUT2D eigenvalue weighted by Crippen LogP contribution is -2.55. The molecule has 1 aliphatic heterocycles. The number of hydrogen-bond acceptors (Lipinski definition) is 4. The first-order chi connectivity index (χ1) is 12.0. The van der Waals surface area contributed by atoms with E-state index in [-0.39, 0.29) is 18.0 Å². The number of aromatic nitrogens is 3. The molecule has 3 rings (SSSR count). The Kier molecular flexibility index (Phi) is 4.69. The van der Waals surface area contributed by atoms with Crippen LogP contribution in [0.1, 0.15) is 30.4 Å². The zero-order valence-corrected chi connectivity index (χ0v) is 14.6. The number of carbonyl (C=O) groups excluding carboxylic acids is 2. The minimum Gasteiger partial charge on any atom is -0.342 e. The molecule has 0 spiro atoms. The highest BCUT2D eigenvalue weighted by atomic mass is 16.2. The molecule has 0 radical (unpaired) electrons. The van der Waals surface area contributed by atoms with Gasteiger partial charge in [0.25, 0.3) is 0 Å². The fraction of sp³-hybridized carbons (Fsp3) is 0.412. The van der Waals surface area contributed by atoms with E-state index in [1.165, 1.54) is 0 Å². The van der Waals surface area contributed by atoms with E-state index < -0.39 is 6.04 Å². The summed E-state index contributed by atoms with van der Waals surface area (Å²) in [6.45, 7) is 2.82. The molecule has 2 atom stereocenters. The number of hydrogen-bond donors (Lipinski definition) is 1. The Morgan fingerprint density at radius 1 is 1.24 bits per heavy atom. The van der Waals surface area contributed by atoms with Gasteiger partial charge in [-0.25, -0.2) is 4.79 Å². The minimum atomic E-state index is -0.619. The predicted molar refractivity (Wildman–Crippen MR) is 91.5 cm³/mol. The summed E-state index contributed by atoms with van der Waals surface area (Å²) in [5, 5.41) is 10.8. The average Bonchev–Trinajstić information content (AvgIpc) is 3.04. The quantitative estimate of drug-likeness (QED) is 0.905. The summed E-state index contributed by atoms with van der Waals surface area (Å²) in [7, 11) is 3.58. The van der Waals surface area contributed by atoms with E-state index in [1.807, 2.05) is 44.3 Å². The zero-order chi connectivity index (χ0) is 18.0. The van der Waals surface area contributed by atoms with Crippen LogP contribution in [0.3, 0.4) is 0 Å². The van der Waals surface area contributed by atoms with Crippen LogP contribution in [0.15, 0.2) is 36.7 Å². The Hall–Kier alpha value is -2.90. The van der Waals surface area contributed by atoms with Crippen LogP contribution in [-0.2, 0) is 11.8 Å². The third-order valence-electron chi connectivity index (χ3n) is 4.45. The summed E-state index contributed by atoms with van der Waals surface area (Å²) >= 11 is 0. The van der Waals surface area contributed by atoms with E-state index in [4.69, 9.17) is 0 Å². The van der Waals surface area contributed by atoms with Gasteiger partial charge < -0.3 is 19.7 Å². The standard InChI is InChI=1S/C17H22N6O2/c1-12(15-20-18-11-22(15)3)19-17(25)23-10-9-21(2)16(24)14(23)13-7-5-4-6-8-13/h4-8,11-12,14H,9-10H2,1-3H3,(H,19,25). The first-order valence-corrected chi connectivity index (χ1v) is 8.20. The number of aryl methyl sites for hydroxylation is 1. The molecule has 8 heteroatoms. The molecule has 1 fully saturated rings. The van der Waals surface area contributed by atoms with Gasteiger partial charge in [-0.2, -0.15) is 0 Å². The monoisotopic (exact) mass is 342 g/mol. The second-order valence-corrected chi connectivity index (χ2v) is 6.24. The van der Waals surface area contributed by atoms with Gasteiger partial charge in [0.05, 0.1) is 6.04 Å². The van der Waals surface area contributed by atoms with Crippen LogP contribution in [0.5, 0.6) is 0 Å². The number of carbonyl (C=O) groups is 2. The van der Waals surface area contributed by atoms with Crippen LogP contribution >= 0.6 is 0 Å². The number of amides is 3. The van der Waals surface area contributed by atoms with Crippen LogP contribution in [0.2, 0.25) is 0 Å². The van der Waals surface area contributed by atoms with Crippen molar-refractivity contribution in [2.75, 3.05) is 20.1 Å². The zero-order valence-electron chi connectivity index (χ0n) is 14.6. The molecular formula is C17H22N6O2. The highest BCUT2D eigenvalue weighted by Crippen LogP contribution is 2.26. The maximum atomic E-state index is 12.8. The van der Waals surface area contributed by atoms with E-state index in [2.05, 4.69) is 15.5 Å². The maximum absolute atomic E-state index is 12.8. The van der Waals surface area contributed by atoms with Crippen LogP contribution in [0.4, 0.5) is 4.79 Å². The van der Waals surface area contributed by atoms with Crippen LogP contribution in [0, 0.1) is 0 Å². The van der Waals surface area contributed by atoms with Gasteiger partial charge in [-0.15, -0.1) is 10.2 Å². The molecule has 0 saturated carbocycles. The van der Waals surface area contributed by atoms with Gasteiger partial charge in [0.2, 0.25) is 5.91 Å². The van der Waals surface area contributed by atoms with E-state index >= 15 is 0 Å². The minimum absolute atomic E-state index is 0.0843. The molecule has 3 amide bonds. The lowest BCUT2D eigenvalue weighted by molar-refractivity contribution is -0.138. The van der Waals surface area contributed by atoms with Crippen molar-refractivity contribution in [3.8, 4) is 0 Å². The van der Waals surface area contributed by atoms with Gasteiger partial charge >= 0.3 is 6.03 Å². The first-order valence-electron chi connectivity index (χ1n) is 8.20. The van der Waals surface area contributed by atoms with Crippen molar-refractivity contribution < 1.29 is 9.59 Å². The molecule has 2 unspecified atom stereocenters. The normalized spacial score (nSPS) is 19.0. The Balaban J connectivity index is 1.82. The molecule has 1 saturated heterocycles. The van der Waals surface area contributed by atoms with E-state index in [0.29, 0.717) is 18.9 Å². The van der Waals surface area contributed by atoms with Crippen LogP contribution in [0.25, 0.3) is 0 Å². The first kappa shape index (κ1) is 16.9. The van der Waals surface area contributed by atoms with E-state index in [0.717, 1.165) is 5.56 Å². The molecule has 0 aliphatic carbocycles. The van der Waals surface area contributed by atoms with Crippen LogP contribution in [-0.4, -0.2) is 56.6 Å². The second-order valence-electron chi connectivity index (χ2n) is 6.24. The van der Waals surface area contributed by atoms with Gasteiger partial charge in [-0.05, 0) is 12.5 Å². The average molecular weight is 342 g/mol. The fourth-order valence-electron chi connectivity index (χ4n) is 3.03. The van der Waals surface area contributed by atoms with Crippen molar-refractivity contribution in [2.45, 2.75) is 19.0 Å². The molecule has 132 valence electrons. The highest BCUT2D eigenvalue weighted by Gasteiger charge is 2.37. The lowest BCUT2D eigenvalue weighted by Gasteiger charge is -2.39. The SMILES string of the molecule is CC(NC(=O)N1CCN(C)C(=O)C1c1ccccc1)c1nncn1C. The molecular weight excluding hydrogens is 320 g/mol. The van der Waals surface area contributed by atoms with Gasteiger partial charge in [0, 0.05) is 27.2 Å². The van der Waals surface area contributed by atoms with Crippen LogP contribution < -0.4 is 5.32 Å². The molecule has 0 bridgehead atoms. The number of nitrogens with zero attached hydrogens (tertiary/aromatic N) is 5. The lowest BCUT2D eigenvalue weighted by atomic mass is 10.0. The number of nitrogens with one attached hydrogen (secondary N) is 1. The second kappa shape index (κ2) is 6.92. The Labute approximate surface area is 146 Å². The Morgan fingerprint density at radius 2 is 1.96 bits per heavy atom. The Morgan fingerprint density at radius 3 is 2.60 bits per heavy atom. The largest absolute Gasteiger partial charge is 0.342 e. The summed E-state index contributed by atoms with van der Waals surface area (Å²) in [6.07, 6.45) is 1.59. The third kappa shape index (κ3) is 3.33. The maximum Gasteiger partial charge on any atom is 0.319 e. The number of rotatable bonds is 3. The molecule has 2 heterocycles. The number of likely N-dealkylation sites (N-methyl/N-ethyl adjacent to an activating group) is 1.